The summed E-state index contributed by atoms with van der Waals surface area (Å²) in [7, 11) is -4.42. The van der Waals surface area contributed by atoms with Crippen molar-refractivity contribution in [2.75, 3.05) is 13.2 Å². The van der Waals surface area contributed by atoms with Gasteiger partial charge in [-0.25, -0.2) is 14.5 Å². The van der Waals surface area contributed by atoms with Crippen LogP contribution in [0.15, 0.2) is 17.4 Å². The van der Waals surface area contributed by atoms with Gasteiger partial charge in [-0.2, -0.15) is 0 Å². The first-order valence-corrected chi connectivity index (χ1v) is 9.50. The summed E-state index contributed by atoms with van der Waals surface area (Å²) in [6, 6.07) is 0. The zero-order valence-electron chi connectivity index (χ0n) is 14.2. The normalized spacial score (nSPS) is 29.1. The Morgan fingerprint density at radius 3 is 2.89 bits per heavy atom. The van der Waals surface area contributed by atoms with E-state index in [1.165, 1.54) is 24.1 Å². The molecule has 2 aromatic rings. The van der Waals surface area contributed by atoms with Gasteiger partial charge >= 0.3 is 7.82 Å². The number of phosphoric ester groups is 1. The molecular weight excluding hydrogens is 385 g/mol. The Kier molecular flexibility index (Phi) is 5.74. The summed E-state index contributed by atoms with van der Waals surface area (Å²) in [6.45, 7) is 0.976. The van der Waals surface area contributed by atoms with Crippen LogP contribution in [-0.2, 0) is 18.3 Å². The van der Waals surface area contributed by atoms with Gasteiger partial charge in [0.25, 0.3) is 5.56 Å². The fourth-order valence-electron chi connectivity index (χ4n) is 2.61. The molecule has 0 aromatic carbocycles. The van der Waals surface area contributed by atoms with Crippen LogP contribution in [0.25, 0.3) is 11.2 Å². The minimum atomic E-state index is -4.42. The molecule has 1 fully saturated rings. The van der Waals surface area contributed by atoms with Gasteiger partial charge in [0.2, 0.25) is 0 Å². The summed E-state index contributed by atoms with van der Waals surface area (Å²) in [6.07, 6.45) is -3.43. The maximum Gasteiger partial charge on any atom is 0.472 e. The van der Waals surface area contributed by atoms with Crippen molar-refractivity contribution in [1.29, 1.82) is 0 Å². The van der Waals surface area contributed by atoms with Gasteiger partial charge in [0.05, 0.1) is 25.4 Å². The molecule has 0 radical (unpaired) electrons. The second-order valence-corrected chi connectivity index (χ2v) is 7.42. The van der Waals surface area contributed by atoms with E-state index in [4.69, 9.17) is 19.5 Å². The Labute approximate surface area is 152 Å². The number of H-pyrrole nitrogens is 1. The molecule has 150 valence electrons. The van der Waals surface area contributed by atoms with Gasteiger partial charge in [0, 0.05) is 6.54 Å². The van der Waals surface area contributed by atoms with Crippen LogP contribution in [0.4, 0.5) is 0 Å². The monoisotopic (exact) mass is 405 g/mol. The van der Waals surface area contributed by atoms with Gasteiger partial charge in [-0.1, -0.05) is 0 Å². The van der Waals surface area contributed by atoms with Crippen LogP contribution in [0.5, 0.6) is 0 Å². The highest BCUT2D eigenvalue weighted by Crippen LogP contribution is 2.45. The summed E-state index contributed by atoms with van der Waals surface area (Å²) < 4.78 is 28.3. The van der Waals surface area contributed by atoms with Crippen molar-refractivity contribution in [2.24, 2.45) is 5.73 Å². The smallest absolute Gasteiger partial charge is 0.387 e. The number of aromatic nitrogens is 4. The first-order valence-electron chi connectivity index (χ1n) is 8.01. The Morgan fingerprint density at radius 1 is 1.44 bits per heavy atom. The number of aliphatic hydroxyl groups is 2. The van der Waals surface area contributed by atoms with Crippen LogP contribution in [-0.4, -0.2) is 72.2 Å². The third-order valence-corrected chi connectivity index (χ3v) is 5.13. The second-order valence-electron chi connectivity index (χ2n) is 6.02. The number of imidazole rings is 1. The summed E-state index contributed by atoms with van der Waals surface area (Å²) in [5.41, 5.74) is 5.02. The zero-order chi connectivity index (χ0) is 19.8. The molecular formula is C13H20N5O8P. The largest absolute Gasteiger partial charge is 0.472 e. The van der Waals surface area contributed by atoms with E-state index in [0.29, 0.717) is 0 Å². The summed E-state index contributed by atoms with van der Waals surface area (Å²) in [5, 5.41) is 20.4. The molecule has 0 saturated carbocycles. The summed E-state index contributed by atoms with van der Waals surface area (Å²) >= 11 is 0. The average molecular weight is 405 g/mol. The van der Waals surface area contributed by atoms with E-state index in [9.17, 15) is 24.5 Å². The predicted molar refractivity (Wildman–Crippen MR) is 89.5 cm³/mol. The van der Waals surface area contributed by atoms with Gasteiger partial charge in [-0.3, -0.25) is 18.4 Å². The average Bonchev–Trinajstić information content (AvgIpc) is 3.16. The van der Waals surface area contributed by atoms with Gasteiger partial charge in [-0.15, -0.1) is 0 Å². The molecule has 1 aliphatic rings. The highest BCUT2D eigenvalue weighted by molar-refractivity contribution is 7.47. The van der Waals surface area contributed by atoms with Gasteiger partial charge < -0.3 is 30.6 Å². The molecule has 0 spiro atoms. The lowest BCUT2D eigenvalue weighted by atomic mass is 10.1. The minimum absolute atomic E-state index is 0.0110. The standard InChI is InChI=1S/C13H20N5O8P/c1-6(2-14)26-27(22,23)24-3-7-9(19)10(20)13(25-7)18-5-17-8-11(18)15-4-16-12(8)21/h4-7,9-10,13,19-20H,2-3,14H2,1H3,(H,22,23)(H,15,16,21)/t6?,7-,9-,10-,13-/m1/s1. The highest BCUT2D eigenvalue weighted by Gasteiger charge is 2.45. The van der Waals surface area contributed by atoms with Crippen molar-refractivity contribution in [2.45, 2.75) is 37.6 Å². The molecule has 13 nitrogen and oxygen atoms in total. The number of aliphatic hydroxyl groups excluding tert-OH is 2. The van der Waals surface area contributed by atoms with Gasteiger partial charge in [-0.05, 0) is 6.92 Å². The summed E-state index contributed by atoms with van der Waals surface area (Å²) in [4.78, 5) is 31.6. The Balaban J connectivity index is 1.73. The van der Waals surface area contributed by atoms with Crippen molar-refractivity contribution in [3.05, 3.63) is 23.0 Å². The topological polar surface area (TPSA) is 195 Å². The molecule has 27 heavy (non-hydrogen) atoms. The lowest BCUT2D eigenvalue weighted by Crippen LogP contribution is -2.33. The fourth-order valence-corrected chi connectivity index (χ4v) is 3.55. The molecule has 0 aliphatic carbocycles. The number of ether oxygens (including phenoxy) is 1. The molecule has 6 N–H and O–H groups in total. The van der Waals surface area contributed by atoms with Crippen molar-refractivity contribution in [3.8, 4) is 0 Å². The first kappa shape index (κ1) is 20.0. The number of nitrogens with two attached hydrogens (primary N) is 1. The SMILES string of the molecule is CC(CN)OP(=O)(O)OC[C@H]1O[C@@H](n2cnc3c(=O)[nH]cnc32)[C@H](O)[C@@H]1O. The molecule has 3 rings (SSSR count). The van der Waals surface area contributed by atoms with Crippen molar-refractivity contribution < 1.29 is 33.5 Å². The summed E-state index contributed by atoms with van der Waals surface area (Å²) in [5.74, 6) is 0. The van der Waals surface area contributed by atoms with E-state index in [0.717, 1.165) is 0 Å². The Morgan fingerprint density at radius 2 is 2.19 bits per heavy atom. The molecule has 1 aliphatic heterocycles. The van der Waals surface area contributed by atoms with Crippen molar-refractivity contribution in [3.63, 3.8) is 0 Å². The molecule has 1 saturated heterocycles. The number of rotatable bonds is 7. The molecule has 3 heterocycles. The lowest BCUT2D eigenvalue weighted by molar-refractivity contribution is -0.0522. The fraction of sp³-hybridized carbons (Fsp3) is 0.615. The maximum absolute atomic E-state index is 11.8. The van der Waals surface area contributed by atoms with Crippen LogP contribution >= 0.6 is 7.82 Å². The van der Waals surface area contributed by atoms with Crippen LogP contribution in [0.1, 0.15) is 13.2 Å². The number of phosphoric acid groups is 1. The lowest BCUT2D eigenvalue weighted by Gasteiger charge is -2.19. The number of aromatic amines is 1. The van der Waals surface area contributed by atoms with E-state index in [1.807, 2.05) is 0 Å². The van der Waals surface area contributed by atoms with E-state index >= 15 is 0 Å². The van der Waals surface area contributed by atoms with Crippen LogP contribution in [0.3, 0.4) is 0 Å². The van der Waals surface area contributed by atoms with Crippen molar-refractivity contribution in [1.82, 2.24) is 19.5 Å². The second kappa shape index (κ2) is 7.73. The van der Waals surface area contributed by atoms with Crippen LogP contribution < -0.4 is 11.3 Å². The molecule has 2 unspecified atom stereocenters. The van der Waals surface area contributed by atoms with Gasteiger partial charge in [0.15, 0.2) is 17.4 Å². The Bertz CT molecular complexity index is 902. The van der Waals surface area contributed by atoms with E-state index in [2.05, 4.69) is 15.0 Å². The highest BCUT2D eigenvalue weighted by atomic mass is 31.2. The first-order chi connectivity index (χ1) is 12.7. The molecule has 14 heteroatoms. The maximum atomic E-state index is 11.8. The molecule has 0 amide bonds. The van der Waals surface area contributed by atoms with Gasteiger partial charge in [0.1, 0.15) is 18.3 Å². The zero-order valence-corrected chi connectivity index (χ0v) is 15.1. The Hall–Kier alpha value is -1.70. The van der Waals surface area contributed by atoms with Crippen LogP contribution in [0, 0.1) is 0 Å². The quantitative estimate of drug-likeness (QED) is 0.327. The number of nitrogens with zero attached hydrogens (tertiary/aromatic N) is 3. The number of fused-ring (bicyclic) bond motifs is 1. The predicted octanol–water partition coefficient (Wildman–Crippen LogP) is -1.78. The third kappa shape index (κ3) is 4.10. The number of nitrogens with one attached hydrogen (secondary N) is 1. The van der Waals surface area contributed by atoms with Crippen LogP contribution in [0.2, 0.25) is 0 Å². The minimum Gasteiger partial charge on any atom is -0.387 e. The third-order valence-electron chi connectivity index (χ3n) is 4.02. The van der Waals surface area contributed by atoms with Crippen molar-refractivity contribution >= 4 is 19.0 Å². The van der Waals surface area contributed by atoms with E-state index in [-0.39, 0.29) is 17.7 Å². The number of hydrogen-bond donors (Lipinski definition) is 5. The van der Waals surface area contributed by atoms with E-state index in [1.54, 1.807) is 0 Å². The molecule has 2 aromatic heterocycles. The number of hydrogen-bond acceptors (Lipinski definition) is 10. The molecule has 6 atom stereocenters. The molecule has 0 bridgehead atoms. The van der Waals surface area contributed by atoms with E-state index < -0.39 is 50.6 Å².